The minimum absolute atomic E-state index is 0.0482. The fraction of sp³-hybridized carbons (Fsp3) is 0.238. The monoisotopic (exact) mass is 423 g/mol. The number of nitro groups is 1. The number of aromatic nitrogens is 2. The Hall–Kier alpha value is -3.30. The van der Waals surface area contributed by atoms with Gasteiger partial charge in [0.1, 0.15) is 0 Å². The second-order valence-corrected chi connectivity index (χ2v) is 7.36. The van der Waals surface area contributed by atoms with Gasteiger partial charge in [-0.1, -0.05) is 6.07 Å². The van der Waals surface area contributed by atoms with Crippen LogP contribution in [0.15, 0.2) is 67.0 Å². The van der Waals surface area contributed by atoms with Gasteiger partial charge in [0.15, 0.2) is 5.11 Å². The van der Waals surface area contributed by atoms with Gasteiger partial charge < -0.3 is 19.9 Å². The van der Waals surface area contributed by atoms with E-state index in [-0.39, 0.29) is 24.4 Å². The van der Waals surface area contributed by atoms with Gasteiger partial charge in [-0.25, -0.2) is 0 Å². The van der Waals surface area contributed by atoms with Gasteiger partial charge in [0, 0.05) is 49.1 Å². The molecular formula is C21H21N5O3S. The van der Waals surface area contributed by atoms with E-state index in [1.807, 2.05) is 41.1 Å². The topological polar surface area (TPSA) is 96.5 Å². The molecule has 30 heavy (non-hydrogen) atoms. The molecule has 1 saturated heterocycles. The van der Waals surface area contributed by atoms with Crippen LogP contribution >= 0.6 is 12.2 Å². The third-order valence-electron chi connectivity index (χ3n) is 5.18. The first kappa shape index (κ1) is 20.0. The van der Waals surface area contributed by atoms with Gasteiger partial charge in [-0.2, -0.15) is 0 Å². The lowest BCUT2D eigenvalue weighted by Gasteiger charge is -2.28. The van der Waals surface area contributed by atoms with E-state index in [2.05, 4.69) is 15.2 Å². The highest BCUT2D eigenvalue weighted by atomic mass is 32.1. The predicted molar refractivity (Wildman–Crippen MR) is 116 cm³/mol. The third kappa shape index (κ3) is 3.77. The molecule has 1 aliphatic heterocycles. The molecule has 0 amide bonds. The predicted octanol–water partition coefficient (Wildman–Crippen LogP) is 3.14. The summed E-state index contributed by atoms with van der Waals surface area (Å²) in [6, 6.07) is 15.9. The van der Waals surface area contributed by atoms with Gasteiger partial charge in [0.2, 0.25) is 0 Å². The van der Waals surface area contributed by atoms with E-state index in [9.17, 15) is 15.2 Å². The molecule has 2 N–H and O–H groups in total. The summed E-state index contributed by atoms with van der Waals surface area (Å²) in [6.45, 7) is 0.672. The fourth-order valence-electron chi connectivity index (χ4n) is 3.81. The fourth-order valence-corrected chi connectivity index (χ4v) is 4.15. The standard InChI is InChI=1S/C21H21N5O3S/c27-14-4-13-25-20(19(23-21(25)30)17-5-1-2-11-22-17)18-6-3-12-24(18)15-7-9-16(10-8-15)26(28)29/h1-3,5-12,19-20,27H,4,13-14H2,(H,23,30)/t19-,20-/m0/s1. The number of nitro benzene ring substituents is 1. The SMILES string of the molecule is O=[N+]([O-])c1ccc(-n2cccc2[C@H]2[C@H](c3ccccn3)NC(=S)N2CCCO)cc1. The van der Waals surface area contributed by atoms with E-state index in [1.165, 1.54) is 12.1 Å². The van der Waals surface area contributed by atoms with E-state index >= 15 is 0 Å². The molecule has 0 saturated carbocycles. The zero-order valence-corrected chi connectivity index (χ0v) is 16.9. The van der Waals surface area contributed by atoms with Gasteiger partial charge in [0.05, 0.1) is 22.7 Å². The summed E-state index contributed by atoms with van der Waals surface area (Å²) >= 11 is 5.61. The van der Waals surface area contributed by atoms with Gasteiger partial charge in [0.25, 0.3) is 5.69 Å². The van der Waals surface area contributed by atoms with E-state index in [0.717, 1.165) is 17.1 Å². The molecule has 2 atom stereocenters. The molecular weight excluding hydrogens is 402 g/mol. The highest BCUT2D eigenvalue weighted by Crippen LogP contribution is 2.39. The van der Waals surface area contributed by atoms with Gasteiger partial charge in [-0.3, -0.25) is 15.1 Å². The second-order valence-electron chi connectivity index (χ2n) is 6.97. The molecule has 0 bridgehead atoms. The Morgan fingerprint density at radius 2 is 1.97 bits per heavy atom. The molecule has 4 rings (SSSR count). The molecule has 9 heteroatoms. The first-order chi connectivity index (χ1) is 14.6. The minimum atomic E-state index is -0.409. The molecule has 3 heterocycles. The Labute approximate surface area is 178 Å². The summed E-state index contributed by atoms with van der Waals surface area (Å²) in [7, 11) is 0. The van der Waals surface area contributed by atoms with Crippen LogP contribution in [0, 0.1) is 10.1 Å². The van der Waals surface area contributed by atoms with Crippen molar-refractivity contribution >= 4 is 23.0 Å². The van der Waals surface area contributed by atoms with E-state index in [0.29, 0.717) is 18.1 Å². The molecule has 1 aliphatic rings. The van der Waals surface area contributed by atoms with Crippen LogP contribution in [0.5, 0.6) is 0 Å². The van der Waals surface area contributed by atoms with Crippen LogP contribution < -0.4 is 5.32 Å². The molecule has 1 fully saturated rings. The molecule has 2 aromatic heterocycles. The summed E-state index contributed by atoms with van der Waals surface area (Å²) in [4.78, 5) is 17.2. The van der Waals surface area contributed by atoms with Gasteiger partial charge in [-0.05, 0) is 55.0 Å². The van der Waals surface area contributed by atoms with Crippen LogP contribution in [0.1, 0.15) is 29.9 Å². The van der Waals surface area contributed by atoms with Gasteiger partial charge >= 0.3 is 0 Å². The normalized spacial score (nSPS) is 18.4. The maximum Gasteiger partial charge on any atom is 0.269 e. The zero-order valence-electron chi connectivity index (χ0n) is 16.1. The van der Waals surface area contributed by atoms with Crippen molar-refractivity contribution in [2.45, 2.75) is 18.5 Å². The van der Waals surface area contributed by atoms with E-state index < -0.39 is 4.92 Å². The van der Waals surface area contributed by atoms with Crippen LogP contribution in [-0.4, -0.2) is 42.7 Å². The Morgan fingerprint density at radius 3 is 2.63 bits per heavy atom. The molecule has 154 valence electrons. The molecule has 0 aliphatic carbocycles. The van der Waals surface area contributed by atoms with Crippen molar-refractivity contribution in [2.75, 3.05) is 13.2 Å². The molecule has 3 aromatic rings. The number of rotatable bonds is 7. The van der Waals surface area contributed by atoms with Crippen LogP contribution in [-0.2, 0) is 0 Å². The van der Waals surface area contributed by atoms with Crippen molar-refractivity contribution in [2.24, 2.45) is 0 Å². The molecule has 8 nitrogen and oxygen atoms in total. The number of aliphatic hydroxyl groups excluding tert-OH is 1. The summed E-state index contributed by atoms with van der Waals surface area (Å²) in [5.41, 5.74) is 2.71. The summed E-state index contributed by atoms with van der Waals surface area (Å²) in [5, 5.41) is 24.3. The quantitative estimate of drug-likeness (QED) is 0.342. The van der Waals surface area contributed by atoms with Gasteiger partial charge in [-0.15, -0.1) is 0 Å². The number of aliphatic hydroxyl groups is 1. The maximum absolute atomic E-state index is 11.0. The van der Waals surface area contributed by atoms with Crippen LogP contribution in [0.25, 0.3) is 5.69 Å². The summed E-state index contributed by atoms with van der Waals surface area (Å²) < 4.78 is 2.01. The van der Waals surface area contributed by atoms with E-state index in [4.69, 9.17) is 12.2 Å². The third-order valence-corrected chi connectivity index (χ3v) is 5.53. The lowest BCUT2D eigenvalue weighted by Crippen LogP contribution is -2.31. The Bertz CT molecular complexity index is 1040. The van der Waals surface area contributed by atoms with Crippen molar-refractivity contribution in [3.8, 4) is 5.69 Å². The molecule has 0 spiro atoms. The Kier molecular flexibility index (Phi) is 5.73. The highest BCUT2D eigenvalue weighted by molar-refractivity contribution is 7.80. The summed E-state index contributed by atoms with van der Waals surface area (Å²) in [5.74, 6) is 0. The zero-order chi connectivity index (χ0) is 21.1. The van der Waals surface area contributed by atoms with Crippen molar-refractivity contribution in [1.82, 2.24) is 19.8 Å². The molecule has 0 radical (unpaired) electrons. The first-order valence-corrected chi connectivity index (χ1v) is 10.0. The smallest absolute Gasteiger partial charge is 0.269 e. The van der Waals surface area contributed by atoms with Crippen LogP contribution in [0.2, 0.25) is 0 Å². The van der Waals surface area contributed by atoms with Crippen LogP contribution in [0.4, 0.5) is 5.69 Å². The number of thiocarbonyl (C=S) groups is 1. The van der Waals surface area contributed by atoms with E-state index in [1.54, 1.807) is 18.3 Å². The average Bonchev–Trinajstić information content (AvgIpc) is 3.37. The Morgan fingerprint density at radius 1 is 1.17 bits per heavy atom. The summed E-state index contributed by atoms with van der Waals surface area (Å²) in [6.07, 6.45) is 4.27. The maximum atomic E-state index is 11.0. The van der Waals surface area contributed by atoms with Crippen molar-refractivity contribution in [3.63, 3.8) is 0 Å². The largest absolute Gasteiger partial charge is 0.396 e. The number of benzene rings is 1. The molecule has 0 unspecified atom stereocenters. The average molecular weight is 423 g/mol. The minimum Gasteiger partial charge on any atom is -0.396 e. The van der Waals surface area contributed by atoms with Crippen molar-refractivity contribution in [1.29, 1.82) is 0 Å². The van der Waals surface area contributed by atoms with Crippen LogP contribution in [0.3, 0.4) is 0 Å². The number of hydrogen-bond acceptors (Lipinski definition) is 5. The number of nitrogens with one attached hydrogen (secondary N) is 1. The first-order valence-electron chi connectivity index (χ1n) is 9.61. The van der Waals surface area contributed by atoms with Crippen molar-refractivity contribution in [3.05, 3.63) is 88.5 Å². The number of hydrogen-bond donors (Lipinski definition) is 2. The lowest BCUT2D eigenvalue weighted by molar-refractivity contribution is -0.384. The lowest BCUT2D eigenvalue weighted by atomic mass is 10.0. The molecule has 1 aromatic carbocycles. The number of pyridine rings is 1. The second kappa shape index (κ2) is 8.60. The number of non-ortho nitro benzene ring substituents is 1. The number of nitrogens with zero attached hydrogens (tertiary/aromatic N) is 4. The Balaban J connectivity index is 1.76. The van der Waals surface area contributed by atoms with Crippen molar-refractivity contribution < 1.29 is 10.0 Å². The highest BCUT2D eigenvalue weighted by Gasteiger charge is 2.40.